The Labute approximate surface area is 314 Å². The molecule has 2 atom stereocenters. The fourth-order valence-electron chi connectivity index (χ4n) is 6.89. The van der Waals surface area contributed by atoms with Crippen LogP contribution in [0.25, 0.3) is 44.8 Å². The number of nitrogens with zero attached hydrogens (tertiary/aromatic N) is 4. The smallest absolute Gasteiger partial charge is 0.407 e. The number of hydrogen-bond donors (Lipinski definition) is 3. The number of carbonyl (C=O) groups is 3. The summed E-state index contributed by atoms with van der Waals surface area (Å²) in [6.45, 7) is 11.4. The van der Waals surface area contributed by atoms with Crippen molar-refractivity contribution in [3.63, 3.8) is 0 Å². The average Bonchev–Trinajstić information content (AvgIpc) is 3.95. The number of fused-ring (bicyclic) bond motifs is 1. The number of likely N-dealkylation sites (tertiary alicyclic amines) is 1. The van der Waals surface area contributed by atoms with Crippen molar-refractivity contribution in [1.82, 2.24) is 35.1 Å². The molecule has 53 heavy (non-hydrogen) atoms. The second-order valence-electron chi connectivity index (χ2n) is 14.4. The van der Waals surface area contributed by atoms with Crippen molar-refractivity contribution in [2.75, 3.05) is 20.2 Å². The highest BCUT2D eigenvalue weighted by atomic mass is 35.5. The first kappa shape index (κ1) is 37.7. The summed E-state index contributed by atoms with van der Waals surface area (Å²) >= 11 is 6.85. The van der Waals surface area contributed by atoms with Gasteiger partial charge in [0.05, 0.1) is 42.3 Å². The van der Waals surface area contributed by atoms with Crippen LogP contribution in [0.1, 0.15) is 78.0 Å². The van der Waals surface area contributed by atoms with E-state index in [4.69, 9.17) is 25.7 Å². The minimum absolute atomic E-state index is 0.0308. The molecule has 0 bridgehead atoms. The predicted octanol–water partition coefficient (Wildman–Crippen LogP) is 8.36. The predicted molar refractivity (Wildman–Crippen MR) is 205 cm³/mol. The summed E-state index contributed by atoms with van der Waals surface area (Å²) in [5.41, 5.74) is 4.82. The molecule has 0 saturated carbocycles. The summed E-state index contributed by atoms with van der Waals surface area (Å²) in [6.07, 6.45) is 6.14. The lowest BCUT2D eigenvalue weighted by Gasteiger charge is -2.28. The van der Waals surface area contributed by atoms with Crippen LogP contribution in [0, 0.1) is 11.8 Å². The van der Waals surface area contributed by atoms with Gasteiger partial charge in [0.15, 0.2) is 0 Å². The van der Waals surface area contributed by atoms with Crippen LogP contribution in [0.5, 0.6) is 0 Å². The van der Waals surface area contributed by atoms with Crippen molar-refractivity contribution < 1.29 is 23.5 Å². The number of aromatic nitrogens is 4. The van der Waals surface area contributed by atoms with Crippen LogP contribution < -0.4 is 5.32 Å². The monoisotopic (exact) mass is 741 g/mol. The number of imidazole rings is 2. The van der Waals surface area contributed by atoms with Crippen molar-refractivity contribution in [3.05, 3.63) is 71.5 Å². The summed E-state index contributed by atoms with van der Waals surface area (Å²) in [4.78, 5) is 58.0. The number of carbonyl (C=O) groups excluding carboxylic acids is 3. The minimum Gasteiger partial charge on any atom is -0.456 e. The van der Waals surface area contributed by atoms with E-state index >= 15 is 0 Å². The molecule has 0 aliphatic carbocycles. The molecule has 5 aromatic rings. The number of methoxy groups -OCH3 is 1. The molecule has 1 fully saturated rings. The maximum atomic E-state index is 13.5. The number of amides is 3. The number of H-pyrrole nitrogens is 2. The molecule has 0 unspecified atom stereocenters. The van der Waals surface area contributed by atoms with Crippen LogP contribution in [-0.2, 0) is 20.9 Å². The second-order valence-corrected chi connectivity index (χ2v) is 14.8. The Balaban J connectivity index is 1.16. The lowest BCUT2D eigenvalue weighted by atomic mass is 10.0. The van der Waals surface area contributed by atoms with Crippen molar-refractivity contribution in [2.45, 2.75) is 78.9 Å². The lowest BCUT2D eigenvalue weighted by molar-refractivity contribution is -0.135. The summed E-state index contributed by atoms with van der Waals surface area (Å²) in [5.74, 6) is 2.24. The maximum Gasteiger partial charge on any atom is 0.407 e. The van der Waals surface area contributed by atoms with Crippen molar-refractivity contribution in [1.29, 1.82) is 0 Å². The molecule has 0 spiro atoms. The van der Waals surface area contributed by atoms with E-state index in [1.54, 1.807) is 11.1 Å². The van der Waals surface area contributed by atoms with Crippen molar-refractivity contribution in [2.24, 2.45) is 11.8 Å². The van der Waals surface area contributed by atoms with E-state index in [1.807, 2.05) is 68.3 Å². The van der Waals surface area contributed by atoms with E-state index in [-0.39, 0.29) is 30.3 Å². The van der Waals surface area contributed by atoms with Gasteiger partial charge in [-0.2, -0.15) is 0 Å². The SMILES string of the molecule is CCCN(Cc1nc(-c2ccc(-c3cc4cc(-c5cnc([C@@H]6CCCN6C(=O)CC(C)C)[nH]5)ccc4o3)c(Cl)c2)c[nH]1)C(=O)[C@@H](NC(=O)OC)C(C)C. The molecule has 2 aromatic carbocycles. The van der Waals surface area contributed by atoms with Crippen LogP contribution in [-0.4, -0.2) is 73.9 Å². The van der Waals surface area contributed by atoms with Gasteiger partial charge in [0.2, 0.25) is 11.8 Å². The van der Waals surface area contributed by atoms with Gasteiger partial charge in [-0.15, -0.1) is 0 Å². The Morgan fingerprint density at radius 3 is 2.62 bits per heavy atom. The van der Waals surface area contributed by atoms with Gasteiger partial charge in [0.25, 0.3) is 0 Å². The molecule has 13 heteroatoms. The molecule has 3 amide bonds. The van der Waals surface area contributed by atoms with E-state index in [0.717, 1.165) is 65.0 Å². The molecule has 0 radical (unpaired) electrons. The number of halogens is 1. The second kappa shape index (κ2) is 16.3. The summed E-state index contributed by atoms with van der Waals surface area (Å²) in [6, 6.07) is 12.9. The Morgan fingerprint density at radius 2 is 1.91 bits per heavy atom. The first-order chi connectivity index (χ1) is 25.4. The lowest BCUT2D eigenvalue weighted by Crippen LogP contribution is -2.51. The number of alkyl carbamates (subject to hydrolysis) is 1. The molecular formula is C40H48ClN7O5. The van der Waals surface area contributed by atoms with E-state index in [0.29, 0.717) is 41.2 Å². The van der Waals surface area contributed by atoms with Crippen LogP contribution in [0.15, 0.2) is 59.3 Å². The van der Waals surface area contributed by atoms with Crippen molar-refractivity contribution in [3.8, 4) is 33.8 Å². The van der Waals surface area contributed by atoms with Gasteiger partial charge in [-0.3, -0.25) is 9.59 Å². The number of furan rings is 1. The van der Waals surface area contributed by atoms with Gasteiger partial charge in [-0.1, -0.05) is 52.3 Å². The molecule has 1 aliphatic heterocycles. The van der Waals surface area contributed by atoms with Crippen LogP contribution in [0.4, 0.5) is 4.79 Å². The number of rotatable bonds is 13. The number of ether oxygens (including phenoxy) is 1. The highest BCUT2D eigenvalue weighted by Gasteiger charge is 2.32. The third-order valence-electron chi connectivity index (χ3n) is 9.59. The third-order valence-corrected chi connectivity index (χ3v) is 9.91. The number of nitrogens with one attached hydrogen (secondary N) is 3. The Hall–Kier alpha value is -5.10. The van der Waals surface area contributed by atoms with Gasteiger partial charge in [-0.05, 0) is 67.5 Å². The fraction of sp³-hybridized carbons (Fsp3) is 0.425. The standard InChI is InChI=1S/C40H48ClN7O5/c1-7-14-47(39(50)37(24(4)5)46-40(51)52-6)22-35-42-20-30(44-35)26-10-12-28(29(41)18-26)34-19-27-17-25(11-13-33(27)53-34)31-21-43-38(45-31)32-9-8-15-48(32)36(49)16-23(2)3/h10-13,17-21,23-24,32,37H,7-9,14-16,22H2,1-6H3,(H,42,44)(H,43,45)(H,46,51)/t32-,37-/m0/s1. The summed E-state index contributed by atoms with van der Waals surface area (Å²) in [5, 5.41) is 4.10. The number of aromatic amines is 2. The van der Waals surface area contributed by atoms with Gasteiger partial charge < -0.3 is 34.2 Å². The number of benzene rings is 2. The summed E-state index contributed by atoms with van der Waals surface area (Å²) < 4.78 is 11.0. The fourth-order valence-corrected chi connectivity index (χ4v) is 7.16. The van der Waals surface area contributed by atoms with Crippen molar-refractivity contribution >= 4 is 40.5 Å². The molecule has 12 nitrogen and oxygen atoms in total. The first-order valence-electron chi connectivity index (χ1n) is 18.3. The van der Waals surface area contributed by atoms with Crippen LogP contribution in [0.2, 0.25) is 5.02 Å². The quantitative estimate of drug-likeness (QED) is 0.110. The van der Waals surface area contributed by atoms with Gasteiger partial charge in [-0.25, -0.2) is 14.8 Å². The molecule has 1 saturated heterocycles. The van der Waals surface area contributed by atoms with E-state index < -0.39 is 12.1 Å². The molecule has 4 heterocycles. The highest BCUT2D eigenvalue weighted by Crippen LogP contribution is 2.37. The minimum atomic E-state index is -0.724. The normalized spacial score (nSPS) is 15.0. The molecule has 6 rings (SSSR count). The zero-order valence-corrected chi connectivity index (χ0v) is 31.9. The zero-order valence-electron chi connectivity index (χ0n) is 31.2. The Bertz CT molecular complexity index is 2080. The van der Waals surface area contributed by atoms with E-state index in [9.17, 15) is 14.4 Å². The zero-order chi connectivity index (χ0) is 37.8. The Morgan fingerprint density at radius 1 is 1.11 bits per heavy atom. The van der Waals surface area contributed by atoms with Gasteiger partial charge >= 0.3 is 6.09 Å². The molecular weight excluding hydrogens is 694 g/mol. The Kier molecular flexibility index (Phi) is 11.6. The molecule has 280 valence electrons. The summed E-state index contributed by atoms with van der Waals surface area (Å²) in [7, 11) is 1.28. The molecule has 1 aliphatic rings. The first-order valence-corrected chi connectivity index (χ1v) is 18.7. The molecule has 3 N–H and O–H groups in total. The maximum absolute atomic E-state index is 13.5. The topological polar surface area (TPSA) is 149 Å². The number of hydrogen-bond acceptors (Lipinski definition) is 7. The van der Waals surface area contributed by atoms with Crippen LogP contribution >= 0.6 is 11.6 Å². The highest BCUT2D eigenvalue weighted by molar-refractivity contribution is 6.33. The van der Waals surface area contributed by atoms with E-state index in [1.165, 1.54) is 7.11 Å². The van der Waals surface area contributed by atoms with Gasteiger partial charge in [0.1, 0.15) is 29.0 Å². The van der Waals surface area contributed by atoms with E-state index in [2.05, 4.69) is 40.2 Å². The average molecular weight is 742 g/mol. The van der Waals surface area contributed by atoms with Gasteiger partial charge in [0, 0.05) is 47.8 Å². The third kappa shape index (κ3) is 8.43. The van der Waals surface area contributed by atoms with Crippen LogP contribution in [0.3, 0.4) is 0 Å². The molecule has 3 aromatic heterocycles. The largest absolute Gasteiger partial charge is 0.456 e.